The zero-order valence-electron chi connectivity index (χ0n) is 15.3. The fraction of sp³-hybridized carbons (Fsp3) is 0.300. The van der Waals surface area contributed by atoms with Crippen LogP contribution in [-0.2, 0) is 6.54 Å². The molecule has 0 aliphatic heterocycles. The molecule has 1 heterocycles. The van der Waals surface area contributed by atoms with Crippen LogP contribution in [0.25, 0.3) is 11.4 Å². The van der Waals surface area contributed by atoms with Crippen molar-refractivity contribution in [2.24, 2.45) is 0 Å². The molecule has 0 N–H and O–H groups in total. The first-order valence-corrected chi connectivity index (χ1v) is 9.05. The number of benzene rings is 2. The molecule has 2 aromatic carbocycles. The largest absolute Gasteiger partial charge is 0.337 e. The van der Waals surface area contributed by atoms with Gasteiger partial charge in [0.15, 0.2) is 0 Å². The Kier molecular flexibility index (Phi) is 6.25. The summed E-state index contributed by atoms with van der Waals surface area (Å²) in [7, 11) is 0. The van der Waals surface area contributed by atoms with E-state index < -0.39 is 0 Å². The molecule has 0 unspecified atom stereocenters. The summed E-state index contributed by atoms with van der Waals surface area (Å²) in [6.07, 6.45) is 1.87. The van der Waals surface area contributed by atoms with Crippen molar-refractivity contribution in [2.45, 2.75) is 26.3 Å². The van der Waals surface area contributed by atoms with E-state index in [9.17, 15) is 9.18 Å². The third kappa shape index (κ3) is 4.97. The summed E-state index contributed by atoms with van der Waals surface area (Å²) in [5, 5.41) is 12.5. The van der Waals surface area contributed by atoms with Gasteiger partial charge < -0.3 is 4.90 Å². The highest BCUT2D eigenvalue weighted by Gasteiger charge is 2.16. The van der Waals surface area contributed by atoms with E-state index in [1.807, 2.05) is 30.3 Å². The molecule has 0 saturated heterocycles. The molecular formula is C20H22FN5O. The molecule has 0 atom stereocenters. The maximum atomic E-state index is 13.1. The van der Waals surface area contributed by atoms with Crippen LogP contribution in [0.15, 0.2) is 54.6 Å². The predicted molar refractivity (Wildman–Crippen MR) is 100 cm³/mol. The quantitative estimate of drug-likeness (QED) is 0.612. The average molecular weight is 367 g/mol. The van der Waals surface area contributed by atoms with Crippen molar-refractivity contribution < 1.29 is 9.18 Å². The zero-order chi connectivity index (χ0) is 19.1. The summed E-state index contributed by atoms with van der Waals surface area (Å²) in [6.45, 7) is 3.61. The molecule has 0 spiro atoms. The van der Waals surface area contributed by atoms with Gasteiger partial charge in [-0.2, -0.15) is 4.80 Å². The van der Waals surface area contributed by atoms with Gasteiger partial charge in [0.1, 0.15) is 5.82 Å². The average Bonchev–Trinajstić information content (AvgIpc) is 3.18. The molecule has 0 aliphatic carbocycles. The molecule has 0 saturated carbocycles. The SMILES string of the molecule is CCCCN(CCn1nnc(-c2ccccc2)n1)C(=O)c1ccc(F)cc1. The Morgan fingerprint density at radius 3 is 2.52 bits per heavy atom. The molecule has 1 amide bonds. The van der Waals surface area contributed by atoms with Crippen molar-refractivity contribution in [3.8, 4) is 11.4 Å². The van der Waals surface area contributed by atoms with Crippen LogP contribution in [-0.4, -0.2) is 44.1 Å². The minimum atomic E-state index is -0.355. The minimum Gasteiger partial charge on any atom is -0.337 e. The number of nitrogens with zero attached hydrogens (tertiary/aromatic N) is 5. The van der Waals surface area contributed by atoms with Crippen LogP contribution in [0.2, 0.25) is 0 Å². The topological polar surface area (TPSA) is 63.9 Å². The molecular weight excluding hydrogens is 345 g/mol. The molecule has 0 radical (unpaired) electrons. The molecule has 0 aliphatic rings. The number of tetrazole rings is 1. The highest BCUT2D eigenvalue weighted by atomic mass is 19.1. The van der Waals surface area contributed by atoms with Gasteiger partial charge in [-0.25, -0.2) is 4.39 Å². The smallest absolute Gasteiger partial charge is 0.253 e. The molecule has 140 valence electrons. The van der Waals surface area contributed by atoms with Crippen LogP contribution >= 0.6 is 0 Å². The molecule has 3 rings (SSSR count). The van der Waals surface area contributed by atoms with E-state index in [2.05, 4.69) is 22.3 Å². The molecule has 7 heteroatoms. The lowest BCUT2D eigenvalue weighted by molar-refractivity contribution is 0.0743. The number of amides is 1. The van der Waals surface area contributed by atoms with E-state index >= 15 is 0 Å². The summed E-state index contributed by atoms with van der Waals surface area (Å²) in [4.78, 5) is 16.0. The van der Waals surface area contributed by atoms with Crippen molar-refractivity contribution in [3.63, 3.8) is 0 Å². The molecule has 27 heavy (non-hydrogen) atoms. The fourth-order valence-corrected chi connectivity index (χ4v) is 2.69. The molecule has 0 fully saturated rings. The van der Waals surface area contributed by atoms with E-state index in [0.717, 1.165) is 18.4 Å². The van der Waals surface area contributed by atoms with Crippen molar-refractivity contribution in [3.05, 3.63) is 66.0 Å². The van der Waals surface area contributed by atoms with Gasteiger partial charge in [-0.3, -0.25) is 4.79 Å². The van der Waals surface area contributed by atoms with Crippen LogP contribution < -0.4 is 0 Å². The van der Waals surface area contributed by atoms with E-state index in [0.29, 0.717) is 31.0 Å². The van der Waals surface area contributed by atoms with Crippen molar-refractivity contribution in [2.75, 3.05) is 13.1 Å². The maximum Gasteiger partial charge on any atom is 0.253 e. The first-order chi connectivity index (χ1) is 13.2. The Balaban J connectivity index is 1.67. The van der Waals surface area contributed by atoms with Gasteiger partial charge in [0.25, 0.3) is 5.91 Å². The standard InChI is InChI=1S/C20H22FN5O/c1-2-3-13-25(20(27)17-9-11-18(21)12-10-17)14-15-26-23-19(22-24-26)16-7-5-4-6-8-16/h4-12H,2-3,13-15H2,1H3. The normalized spacial score (nSPS) is 10.7. The number of rotatable bonds is 8. The number of hydrogen-bond donors (Lipinski definition) is 0. The number of unbranched alkanes of at least 4 members (excludes halogenated alkanes) is 1. The summed E-state index contributed by atoms with van der Waals surface area (Å²) in [5.74, 6) is 0.0827. The van der Waals surface area contributed by atoms with Crippen LogP contribution in [0.1, 0.15) is 30.1 Å². The Morgan fingerprint density at radius 1 is 1.07 bits per heavy atom. The third-order valence-corrected chi connectivity index (χ3v) is 4.21. The van der Waals surface area contributed by atoms with Gasteiger partial charge in [0.2, 0.25) is 5.82 Å². The Labute approximate surface area is 157 Å². The van der Waals surface area contributed by atoms with Gasteiger partial charge in [0.05, 0.1) is 6.54 Å². The summed E-state index contributed by atoms with van der Waals surface area (Å²) >= 11 is 0. The monoisotopic (exact) mass is 367 g/mol. The first kappa shape index (κ1) is 18.7. The lowest BCUT2D eigenvalue weighted by Crippen LogP contribution is -2.35. The second kappa shape index (κ2) is 9.02. The fourth-order valence-electron chi connectivity index (χ4n) is 2.69. The number of carbonyl (C=O) groups excluding carboxylic acids is 1. The maximum absolute atomic E-state index is 13.1. The van der Waals surface area contributed by atoms with E-state index in [-0.39, 0.29) is 11.7 Å². The van der Waals surface area contributed by atoms with Crippen molar-refractivity contribution >= 4 is 5.91 Å². The van der Waals surface area contributed by atoms with Gasteiger partial charge in [-0.1, -0.05) is 43.7 Å². The van der Waals surface area contributed by atoms with Crippen LogP contribution in [0.4, 0.5) is 4.39 Å². The zero-order valence-corrected chi connectivity index (χ0v) is 15.3. The van der Waals surface area contributed by atoms with Crippen LogP contribution in [0.5, 0.6) is 0 Å². The van der Waals surface area contributed by atoms with E-state index in [1.54, 1.807) is 4.90 Å². The highest BCUT2D eigenvalue weighted by molar-refractivity contribution is 5.94. The van der Waals surface area contributed by atoms with E-state index in [1.165, 1.54) is 29.1 Å². The molecule has 3 aromatic rings. The van der Waals surface area contributed by atoms with Gasteiger partial charge in [-0.15, -0.1) is 10.2 Å². The third-order valence-electron chi connectivity index (χ3n) is 4.21. The second-order valence-electron chi connectivity index (χ2n) is 6.23. The first-order valence-electron chi connectivity index (χ1n) is 9.05. The molecule has 6 nitrogen and oxygen atoms in total. The highest BCUT2D eigenvalue weighted by Crippen LogP contribution is 2.12. The lowest BCUT2D eigenvalue weighted by atomic mass is 10.2. The Morgan fingerprint density at radius 2 is 1.81 bits per heavy atom. The Bertz CT molecular complexity index is 864. The summed E-state index contributed by atoms with van der Waals surface area (Å²) < 4.78 is 13.1. The van der Waals surface area contributed by atoms with Crippen molar-refractivity contribution in [1.29, 1.82) is 0 Å². The number of carbonyl (C=O) groups is 1. The van der Waals surface area contributed by atoms with Crippen molar-refractivity contribution in [1.82, 2.24) is 25.1 Å². The summed E-state index contributed by atoms with van der Waals surface area (Å²) in [6, 6.07) is 15.2. The lowest BCUT2D eigenvalue weighted by Gasteiger charge is -2.22. The number of halogens is 1. The minimum absolute atomic E-state index is 0.119. The van der Waals surface area contributed by atoms with Crippen LogP contribution in [0, 0.1) is 5.82 Å². The number of hydrogen-bond acceptors (Lipinski definition) is 4. The Hall–Kier alpha value is -3.09. The predicted octanol–water partition coefficient (Wildman–Crippen LogP) is 3.42. The van der Waals surface area contributed by atoms with E-state index in [4.69, 9.17) is 0 Å². The molecule has 1 aromatic heterocycles. The second-order valence-corrected chi connectivity index (χ2v) is 6.23. The molecule has 0 bridgehead atoms. The van der Waals surface area contributed by atoms with Crippen LogP contribution in [0.3, 0.4) is 0 Å². The summed E-state index contributed by atoms with van der Waals surface area (Å²) in [5.41, 5.74) is 1.37. The van der Waals surface area contributed by atoms with Gasteiger partial charge in [0, 0.05) is 24.2 Å². The van der Waals surface area contributed by atoms with Gasteiger partial charge in [-0.05, 0) is 35.9 Å². The van der Waals surface area contributed by atoms with Gasteiger partial charge >= 0.3 is 0 Å². The number of aromatic nitrogens is 4.